The predicted molar refractivity (Wildman–Crippen MR) is 133 cm³/mol. The summed E-state index contributed by atoms with van der Waals surface area (Å²) in [6, 6.07) is 14.8. The maximum atomic E-state index is 11.2. The van der Waals surface area contributed by atoms with Gasteiger partial charge in [0.25, 0.3) is 0 Å². The van der Waals surface area contributed by atoms with Crippen molar-refractivity contribution < 1.29 is 9.53 Å². The minimum atomic E-state index is 0.125. The second-order valence-corrected chi connectivity index (χ2v) is 10.6. The molecule has 4 rings (SSSR count). The van der Waals surface area contributed by atoms with Crippen molar-refractivity contribution in [1.82, 2.24) is 0 Å². The van der Waals surface area contributed by atoms with Crippen LogP contribution in [0.25, 0.3) is 0 Å². The van der Waals surface area contributed by atoms with Crippen molar-refractivity contribution in [2.45, 2.75) is 77.0 Å². The van der Waals surface area contributed by atoms with Gasteiger partial charge in [-0.3, -0.25) is 9.79 Å². The Morgan fingerprint density at radius 2 is 1.81 bits per heavy atom. The molecule has 0 radical (unpaired) electrons. The average Bonchev–Trinajstić information content (AvgIpc) is 3.35. The van der Waals surface area contributed by atoms with Crippen LogP contribution in [0.4, 0.5) is 0 Å². The van der Waals surface area contributed by atoms with Gasteiger partial charge in [-0.2, -0.15) is 0 Å². The lowest BCUT2D eigenvalue weighted by Crippen LogP contribution is -2.26. The molecule has 0 aromatic heterocycles. The molecule has 1 atom stereocenters. The number of thioether (sulfide) groups is 1. The van der Waals surface area contributed by atoms with Gasteiger partial charge in [-0.15, -0.1) is 11.8 Å². The lowest BCUT2D eigenvalue weighted by molar-refractivity contribution is 0.101. The summed E-state index contributed by atoms with van der Waals surface area (Å²) in [6.07, 6.45) is 6.89. The molecule has 0 fully saturated rings. The number of ketones is 1. The van der Waals surface area contributed by atoms with E-state index in [0.29, 0.717) is 6.04 Å². The molecule has 4 heteroatoms. The molecule has 166 valence electrons. The SMILES string of the molecule is CCC1N=C(CCc2ccc(C(C)=O)cc2)SC1(C)C.COc1ccc2c(c1)CCC2. The lowest BCUT2D eigenvalue weighted by atomic mass is 10.0. The summed E-state index contributed by atoms with van der Waals surface area (Å²) in [5, 5.41) is 1.28. The minimum Gasteiger partial charge on any atom is -0.497 e. The maximum Gasteiger partial charge on any atom is 0.159 e. The maximum absolute atomic E-state index is 11.2. The van der Waals surface area contributed by atoms with Gasteiger partial charge < -0.3 is 4.74 Å². The number of benzene rings is 2. The molecule has 0 bridgehead atoms. The third kappa shape index (κ3) is 6.22. The van der Waals surface area contributed by atoms with Crippen LogP contribution in [-0.2, 0) is 19.3 Å². The molecule has 2 aliphatic rings. The molecule has 2 aromatic rings. The molecule has 0 N–H and O–H groups in total. The Kier molecular flexibility index (Phi) is 7.99. The Balaban J connectivity index is 0.000000207. The smallest absolute Gasteiger partial charge is 0.159 e. The van der Waals surface area contributed by atoms with Gasteiger partial charge in [0.15, 0.2) is 5.78 Å². The predicted octanol–water partition coefficient (Wildman–Crippen LogP) is 6.71. The van der Waals surface area contributed by atoms with Crippen LogP contribution in [0.3, 0.4) is 0 Å². The number of aliphatic imine (C=N–C) groups is 1. The standard InChI is InChI=1S/C17H23NOS.C10H12O/c1-5-15-17(3,4)20-16(18-15)11-8-13-6-9-14(10-7-13)12(2)19;1-11-10-6-5-8-3-2-4-9(8)7-10/h6-7,9-10,15H,5,8,11H2,1-4H3;5-7H,2-4H2,1H3. The van der Waals surface area contributed by atoms with Crippen LogP contribution in [-0.4, -0.2) is 28.7 Å². The molecule has 1 aliphatic carbocycles. The van der Waals surface area contributed by atoms with Crippen LogP contribution in [0, 0.1) is 0 Å². The number of ether oxygens (including phenoxy) is 1. The molecule has 1 aliphatic heterocycles. The zero-order chi connectivity index (χ0) is 22.4. The topological polar surface area (TPSA) is 38.7 Å². The van der Waals surface area contributed by atoms with E-state index in [-0.39, 0.29) is 10.5 Å². The van der Waals surface area contributed by atoms with Gasteiger partial charge in [0.1, 0.15) is 5.75 Å². The number of fused-ring (bicyclic) bond motifs is 1. The number of aryl methyl sites for hydroxylation is 3. The number of rotatable bonds is 6. The summed E-state index contributed by atoms with van der Waals surface area (Å²) in [6.45, 7) is 8.37. The molecule has 0 saturated carbocycles. The minimum absolute atomic E-state index is 0.125. The van der Waals surface area contributed by atoms with Crippen LogP contribution in [0.15, 0.2) is 47.5 Å². The van der Waals surface area contributed by atoms with Gasteiger partial charge in [0.05, 0.1) is 18.2 Å². The summed E-state index contributed by atoms with van der Waals surface area (Å²) in [7, 11) is 1.72. The molecule has 0 amide bonds. The van der Waals surface area contributed by atoms with Crippen molar-refractivity contribution in [1.29, 1.82) is 0 Å². The van der Waals surface area contributed by atoms with Crippen molar-refractivity contribution in [3.63, 3.8) is 0 Å². The summed E-state index contributed by atoms with van der Waals surface area (Å²) in [4.78, 5) is 16.1. The van der Waals surface area contributed by atoms with E-state index in [4.69, 9.17) is 9.73 Å². The van der Waals surface area contributed by atoms with Crippen LogP contribution < -0.4 is 4.74 Å². The fourth-order valence-electron chi connectivity index (χ4n) is 4.26. The molecule has 3 nitrogen and oxygen atoms in total. The van der Waals surface area contributed by atoms with E-state index < -0.39 is 0 Å². The second kappa shape index (κ2) is 10.5. The largest absolute Gasteiger partial charge is 0.497 e. The highest BCUT2D eigenvalue weighted by Gasteiger charge is 2.35. The quantitative estimate of drug-likeness (QED) is 0.472. The molecule has 31 heavy (non-hydrogen) atoms. The van der Waals surface area contributed by atoms with E-state index in [1.54, 1.807) is 14.0 Å². The number of methoxy groups -OCH3 is 1. The molecule has 0 spiro atoms. The molecule has 0 saturated heterocycles. The molecule has 1 heterocycles. The Morgan fingerprint density at radius 3 is 2.42 bits per heavy atom. The van der Waals surface area contributed by atoms with E-state index in [1.165, 1.54) is 41.0 Å². The van der Waals surface area contributed by atoms with Crippen LogP contribution in [0.2, 0.25) is 0 Å². The Labute approximate surface area is 191 Å². The highest BCUT2D eigenvalue weighted by Crippen LogP contribution is 2.40. The highest BCUT2D eigenvalue weighted by atomic mass is 32.2. The van der Waals surface area contributed by atoms with E-state index >= 15 is 0 Å². The van der Waals surface area contributed by atoms with Gasteiger partial charge in [-0.1, -0.05) is 37.3 Å². The Bertz CT molecular complexity index is 931. The first-order chi connectivity index (χ1) is 14.8. The second-order valence-electron chi connectivity index (χ2n) is 8.89. The zero-order valence-electron chi connectivity index (χ0n) is 19.5. The highest BCUT2D eigenvalue weighted by molar-refractivity contribution is 8.15. The van der Waals surface area contributed by atoms with Crippen molar-refractivity contribution >= 4 is 22.6 Å². The van der Waals surface area contributed by atoms with E-state index in [1.807, 2.05) is 30.0 Å². The number of Topliss-reactive ketones (excluding diaryl/α,β-unsaturated/α-hetero) is 1. The monoisotopic (exact) mass is 437 g/mol. The molecular formula is C27H35NO2S. The Morgan fingerprint density at radius 1 is 1.10 bits per heavy atom. The first-order valence-corrected chi connectivity index (χ1v) is 12.2. The van der Waals surface area contributed by atoms with Crippen molar-refractivity contribution in [2.75, 3.05) is 7.11 Å². The zero-order valence-corrected chi connectivity index (χ0v) is 20.3. The van der Waals surface area contributed by atoms with Crippen molar-refractivity contribution in [3.8, 4) is 5.75 Å². The number of carbonyl (C=O) groups is 1. The summed E-state index contributed by atoms with van der Waals surface area (Å²) in [5.74, 6) is 1.12. The summed E-state index contributed by atoms with van der Waals surface area (Å²) < 4.78 is 5.38. The fraction of sp³-hybridized carbons (Fsp3) is 0.481. The van der Waals surface area contributed by atoms with E-state index in [9.17, 15) is 4.79 Å². The Hall–Kier alpha value is -2.07. The van der Waals surface area contributed by atoms with Gasteiger partial charge in [0, 0.05) is 10.3 Å². The van der Waals surface area contributed by atoms with Gasteiger partial charge in [-0.25, -0.2) is 0 Å². The molecule has 2 aromatic carbocycles. The normalized spacial score (nSPS) is 18.6. The third-order valence-corrected chi connectivity index (χ3v) is 7.51. The van der Waals surface area contributed by atoms with Crippen molar-refractivity contribution in [3.05, 3.63) is 64.7 Å². The van der Waals surface area contributed by atoms with Crippen molar-refractivity contribution in [2.24, 2.45) is 4.99 Å². The first kappa shape index (κ1) is 23.6. The fourth-order valence-corrected chi connectivity index (χ4v) is 5.61. The lowest BCUT2D eigenvalue weighted by Gasteiger charge is -2.22. The average molecular weight is 438 g/mol. The van der Waals surface area contributed by atoms with Crippen LogP contribution >= 0.6 is 11.8 Å². The van der Waals surface area contributed by atoms with Gasteiger partial charge in [0.2, 0.25) is 0 Å². The summed E-state index contributed by atoms with van der Waals surface area (Å²) >= 11 is 1.92. The molecule has 1 unspecified atom stereocenters. The number of hydrogen-bond acceptors (Lipinski definition) is 4. The van der Waals surface area contributed by atoms with E-state index in [0.717, 1.165) is 30.6 Å². The number of hydrogen-bond donors (Lipinski definition) is 0. The number of carbonyl (C=O) groups excluding carboxylic acids is 1. The molecular weight excluding hydrogens is 402 g/mol. The third-order valence-electron chi connectivity index (χ3n) is 6.16. The van der Waals surface area contributed by atoms with Crippen LogP contribution in [0.1, 0.15) is 74.0 Å². The first-order valence-electron chi connectivity index (χ1n) is 11.3. The van der Waals surface area contributed by atoms with Gasteiger partial charge >= 0.3 is 0 Å². The van der Waals surface area contributed by atoms with Gasteiger partial charge in [-0.05, 0) is 88.1 Å². The summed E-state index contributed by atoms with van der Waals surface area (Å²) in [5.41, 5.74) is 5.04. The van der Waals surface area contributed by atoms with Crippen LogP contribution in [0.5, 0.6) is 5.75 Å². The van der Waals surface area contributed by atoms with E-state index in [2.05, 4.69) is 45.0 Å². The number of nitrogens with zero attached hydrogens (tertiary/aromatic N) is 1.